The molecule has 0 radical (unpaired) electrons. The van der Waals surface area contributed by atoms with E-state index in [-0.39, 0.29) is 11.6 Å². The summed E-state index contributed by atoms with van der Waals surface area (Å²) in [5.74, 6) is -0.221. The Morgan fingerprint density at radius 2 is 1.72 bits per heavy atom. The zero-order valence-electron chi connectivity index (χ0n) is 17.4. The SMILES string of the molecule is Cc1ccccc1NC(=O)C(C)Sc1nnc(-c2ccccc2Cl)n1-c1ccccc1F. The zero-order chi connectivity index (χ0) is 22.7. The molecule has 4 aromatic rings. The van der Waals surface area contributed by atoms with Gasteiger partial charge in [-0.25, -0.2) is 4.39 Å². The molecule has 0 saturated carbocycles. The summed E-state index contributed by atoms with van der Waals surface area (Å²) in [5, 5.41) is 11.8. The Morgan fingerprint density at radius 3 is 2.47 bits per heavy atom. The van der Waals surface area contributed by atoms with E-state index in [0.29, 0.717) is 21.6 Å². The number of thioether (sulfide) groups is 1. The van der Waals surface area contributed by atoms with Crippen LogP contribution in [-0.2, 0) is 4.79 Å². The molecule has 0 aliphatic heterocycles. The van der Waals surface area contributed by atoms with Crippen LogP contribution in [-0.4, -0.2) is 25.9 Å². The first-order valence-electron chi connectivity index (χ1n) is 9.94. The van der Waals surface area contributed by atoms with Crippen LogP contribution < -0.4 is 5.32 Å². The van der Waals surface area contributed by atoms with Crippen molar-refractivity contribution in [2.24, 2.45) is 0 Å². The summed E-state index contributed by atoms with van der Waals surface area (Å²) in [6, 6.07) is 21.1. The van der Waals surface area contributed by atoms with Gasteiger partial charge in [0.15, 0.2) is 11.0 Å². The van der Waals surface area contributed by atoms with Gasteiger partial charge in [-0.3, -0.25) is 9.36 Å². The minimum atomic E-state index is -0.511. The number of anilines is 1. The highest BCUT2D eigenvalue weighted by atomic mass is 35.5. The minimum Gasteiger partial charge on any atom is -0.325 e. The monoisotopic (exact) mass is 466 g/mol. The number of aromatic nitrogens is 3. The van der Waals surface area contributed by atoms with Crippen LogP contribution in [0.5, 0.6) is 0 Å². The van der Waals surface area contributed by atoms with Crippen molar-refractivity contribution >= 4 is 35.0 Å². The number of halogens is 2. The highest BCUT2D eigenvalue weighted by Gasteiger charge is 2.24. The number of nitrogens with zero attached hydrogens (tertiary/aromatic N) is 3. The molecule has 1 unspecified atom stereocenters. The number of hydrogen-bond acceptors (Lipinski definition) is 4. The molecule has 162 valence electrons. The van der Waals surface area contributed by atoms with Crippen LogP contribution in [0.3, 0.4) is 0 Å². The van der Waals surface area contributed by atoms with Crippen molar-refractivity contribution in [3.63, 3.8) is 0 Å². The Balaban J connectivity index is 1.70. The lowest BCUT2D eigenvalue weighted by Gasteiger charge is -2.15. The predicted octanol–water partition coefficient (Wildman–Crippen LogP) is 6.15. The van der Waals surface area contributed by atoms with Crippen LogP contribution in [0.15, 0.2) is 78.0 Å². The molecule has 0 fully saturated rings. The van der Waals surface area contributed by atoms with E-state index >= 15 is 0 Å². The molecule has 32 heavy (non-hydrogen) atoms. The topological polar surface area (TPSA) is 59.8 Å². The molecule has 1 amide bonds. The van der Waals surface area contributed by atoms with Gasteiger partial charge in [-0.2, -0.15) is 0 Å². The number of nitrogens with one attached hydrogen (secondary N) is 1. The van der Waals surface area contributed by atoms with Gasteiger partial charge in [0.2, 0.25) is 5.91 Å². The normalized spacial score (nSPS) is 11.9. The predicted molar refractivity (Wildman–Crippen MR) is 127 cm³/mol. The largest absolute Gasteiger partial charge is 0.325 e. The zero-order valence-corrected chi connectivity index (χ0v) is 19.0. The third kappa shape index (κ3) is 4.54. The molecule has 3 aromatic carbocycles. The lowest BCUT2D eigenvalue weighted by Crippen LogP contribution is -2.23. The summed E-state index contributed by atoms with van der Waals surface area (Å²) in [5.41, 5.74) is 2.61. The Bertz CT molecular complexity index is 1280. The van der Waals surface area contributed by atoms with Crippen molar-refractivity contribution in [2.75, 3.05) is 5.32 Å². The quantitative estimate of drug-likeness (QED) is 0.346. The molecule has 1 atom stereocenters. The Hall–Kier alpha value is -3.16. The molecule has 1 heterocycles. The molecule has 0 bridgehead atoms. The lowest BCUT2D eigenvalue weighted by atomic mass is 10.2. The number of benzene rings is 3. The number of carbonyl (C=O) groups is 1. The summed E-state index contributed by atoms with van der Waals surface area (Å²) in [7, 11) is 0. The molecule has 1 N–H and O–H groups in total. The van der Waals surface area contributed by atoms with E-state index in [0.717, 1.165) is 11.3 Å². The van der Waals surface area contributed by atoms with Gasteiger partial charge in [0, 0.05) is 11.3 Å². The van der Waals surface area contributed by atoms with Gasteiger partial charge in [-0.05, 0) is 49.7 Å². The van der Waals surface area contributed by atoms with E-state index in [1.807, 2.05) is 43.3 Å². The number of aryl methyl sites for hydroxylation is 1. The van der Waals surface area contributed by atoms with Gasteiger partial charge in [0.25, 0.3) is 0 Å². The fraction of sp³-hybridized carbons (Fsp3) is 0.125. The van der Waals surface area contributed by atoms with Gasteiger partial charge < -0.3 is 5.32 Å². The second kappa shape index (κ2) is 9.54. The smallest absolute Gasteiger partial charge is 0.237 e. The van der Waals surface area contributed by atoms with Crippen LogP contribution in [0, 0.1) is 12.7 Å². The first kappa shape index (κ1) is 22.0. The highest BCUT2D eigenvalue weighted by molar-refractivity contribution is 8.00. The Morgan fingerprint density at radius 1 is 1.03 bits per heavy atom. The van der Waals surface area contributed by atoms with Crippen molar-refractivity contribution in [3.8, 4) is 17.1 Å². The molecular formula is C24H20ClFN4OS. The number of para-hydroxylation sites is 2. The second-order valence-corrected chi connectivity index (χ2v) is 8.85. The van der Waals surface area contributed by atoms with E-state index in [4.69, 9.17) is 11.6 Å². The van der Waals surface area contributed by atoms with E-state index in [2.05, 4.69) is 15.5 Å². The standard InChI is InChI=1S/C24H20ClFN4OS/c1-15-9-3-7-13-20(15)27-23(31)16(2)32-24-29-28-22(17-10-4-5-11-18(17)25)30(24)21-14-8-6-12-19(21)26/h3-14,16H,1-2H3,(H,27,31). The highest BCUT2D eigenvalue weighted by Crippen LogP contribution is 2.34. The summed E-state index contributed by atoms with van der Waals surface area (Å²) in [4.78, 5) is 12.8. The number of amides is 1. The van der Waals surface area contributed by atoms with Crippen LogP contribution in [0.4, 0.5) is 10.1 Å². The van der Waals surface area contributed by atoms with Gasteiger partial charge in [0.05, 0.1) is 16.0 Å². The molecule has 5 nitrogen and oxygen atoms in total. The fourth-order valence-electron chi connectivity index (χ4n) is 3.17. The number of carbonyl (C=O) groups excluding carboxylic acids is 1. The molecule has 0 saturated heterocycles. The van der Waals surface area contributed by atoms with Crippen LogP contribution in [0.1, 0.15) is 12.5 Å². The second-order valence-electron chi connectivity index (χ2n) is 7.14. The van der Waals surface area contributed by atoms with E-state index in [1.54, 1.807) is 41.8 Å². The Labute approximate surface area is 194 Å². The van der Waals surface area contributed by atoms with Crippen molar-refractivity contribution < 1.29 is 9.18 Å². The summed E-state index contributed by atoms with van der Waals surface area (Å²) in [6.07, 6.45) is 0. The van der Waals surface area contributed by atoms with Crippen molar-refractivity contribution in [1.82, 2.24) is 14.8 Å². The molecular weight excluding hydrogens is 447 g/mol. The molecule has 0 aliphatic rings. The average Bonchev–Trinajstić information content (AvgIpc) is 3.19. The van der Waals surface area contributed by atoms with Crippen molar-refractivity contribution in [3.05, 3.63) is 89.2 Å². The number of rotatable bonds is 6. The van der Waals surface area contributed by atoms with Crippen LogP contribution in [0.2, 0.25) is 5.02 Å². The molecule has 1 aromatic heterocycles. The first-order chi connectivity index (χ1) is 15.5. The number of hydrogen-bond donors (Lipinski definition) is 1. The summed E-state index contributed by atoms with van der Waals surface area (Å²) < 4.78 is 16.4. The van der Waals surface area contributed by atoms with Crippen LogP contribution in [0.25, 0.3) is 17.1 Å². The molecule has 8 heteroatoms. The van der Waals surface area contributed by atoms with Crippen molar-refractivity contribution in [1.29, 1.82) is 0 Å². The van der Waals surface area contributed by atoms with E-state index < -0.39 is 11.1 Å². The lowest BCUT2D eigenvalue weighted by molar-refractivity contribution is -0.115. The maximum atomic E-state index is 14.8. The van der Waals surface area contributed by atoms with Gasteiger partial charge >= 0.3 is 0 Å². The average molecular weight is 467 g/mol. The molecule has 4 rings (SSSR count). The molecule has 0 spiro atoms. The van der Waals surface area contributed by atoms with Gasteiger partial charge in [-0.15, -0.1) is 10.2 Å². The fourth-order valence-corrected chi connectivity index (χ4v) is 4.25. The Kier molecular flexibility index (Phi) is 6.58. The van der Waals surface area contributed by atoms with Gasteiger partial charge in [0.1, 0.15) is 5.82 Å². The maximum absolute atomic E-state index is 14.8. The summed E-state index contributed by atoms with van der Waals surface area (Å²) in [6.45, 7) is 3.70. The first-order valence-corrected chi connectivity index (χ1v) is 11.2. The van der Waals surface area contributed by atoms with Crippen LogP contribution >= 0.6 is 23.4 Å². The molecule has 0 aliphatic carbocycles. The van der Waals surface area contributed by atoms with Gasteiger partial charge in [-0.1, -0.05) is 65.8 Å². The maximum Gasteiger partial charge on any atom is 0.237 e. The minimum absolute atomic E-state index is 0.188. The third-order valence-corrected chi connectivity index (χ3v) is 6.27. The van der Waals surface area contributed by atoms with Crippen molar-refractivity contribution in [2.45, 2.75) is 24.3 Å². The summed E-state index contributed by atoms with van der Waals surface area (Å²) >= 11 is 7.58. The third-order valence-electron chi connectivity index (χ3n) is 4.90. The van der Waals surface area contributed by atoms with E-state index in [9.17, 15) is 9.18 Å². The van der Waals surface area contributed by atoms with E-state index in [1.165, 1.54) is 17.8 Å².